The first-order chi connectivity index (χ1) is 60.2. The van der Waals surface area contributed by atoms with Crippen molar-refractivity contribution in [3.63, 3.8) is 0 Å². The number of carbonyl (C=O) groups is 3. The van der Waals surface area contributed by atoms with Crippen LogP contribution in [0.2, 0.25) is 0 Å². The van der Waals surface area contributed by atoms with Crippen LogP contribution in [-0.2, 0) is 55.8 Å². The van der Waals surface area contributed by atoms with Gasteiger partial charge >= 0.3 is 33.6 Å². The lowest BCUT2D eigenvalue weighted by molar-refractivity contribution is -0.161. The summed E-state index contributed by atoms with van der Waals surface area (Å²) in [6.07, 6.45) is 125. The molecular formula is C105H182O16P2. The second-order valence-electron chi connectivity index (χ2n) is 33.2. The predicted molar refractivity (Wildman–Crippen MR) is 519 cm³/mol. The average molecular weight is 1760 g/mol. The molecular weight excluding hydrogens is 1580 g/mol. The highest BCUT2D eigenvalue weighted by Gasteiger charge is 2.30. The first-order valence-corrected chi connectivity index (χ1v) is 52.8. The van der Waals surface area contributed by atoms with Gasteiger partial charge in [-0.1, -0.05) is 423 Å². The Balaban J connectivity index is 4.48. The van der Waals surface area contributed by atoms with Crippen molar-refractivity contribution in [3.05, 3.63) is 158 Å². The third-order valence-corrected chi connectivity index (χ3v) is 23.1. The molecule has 0 radical (unpaired) electrons. The van der Waals surface area contributed by atoms with Crippen LogP contribution in [0.25, 0.3) is 0 Å². The van der Waals surface area contributed by atoms with Gasteiger partial charge in [0, 0.05) is 19.3 Å². The van der Waals surface area contributed by atoms with Crippen molar-refractivity contribution in [1.29, 1.82) is 0 Å². The number of esters is 3. The standard InChI is InChI=1S/C105H182O16P2/c1-4-7-10-13-16-19-22-25-28-31-34-36-38-40-42-44-46-48-49-51-53-54-56-58-60-62-65-67-70-73-76-79-82-85-88-91-103(108)115-94-100(106)95-117-122(111,112)118-96-101(107)97-119-123(113,114)120-99-102(121-105(110)93-90-87-84-81-78-75-72-69-64-33-30-27-24-21-18-15-12-9-6-3)98-116-104(109)92-89-86-83-80-77-74-71-68-66-63-61-59-57-55-52-50-47-45-43-41-39-37-35-32-29-26-23-20-17-14-11-8-5-2/h8-9,11-12,16-21,25-30,34-37,40-43,64,69,100-102,106-107H,4-7,10,13-15,22-24,31-33,38-39,44-63,65-68,70-99H2,1-3H3,(H,111,112)(H,113,114)/b11-8-,12-9-,19-16-,20-17-,21-18-,28-25-,29-26-,30-27-,36-34-,37-35-,42-40-,43-41-,69-64-. The molecule has 0 saturated heterocycles. The van der Waals surface area contributed by atoms with E-state index < -0.39 is 91.5 Å². The number of hydrogen-bond donors (Lipinski definition) is 4. The lowest BCUT2D eigenvalue weighted by Gasteiger charge is -2.21. The summed E-state index contributed by atoms with van der Waals surface area (Å²) in [6.45, 7) is 2.48. The van der Waals surface area contributed by atoms with Crippen LogP contribution in [0.3, 0.4) is 0 Å². The van der Waals surface area contributed by atoms with Crippen molar-refractivity contribution in [1.82, 2.24) is 0 Å². The van der Waals surface area contributed by atoms with Gasteiger partial charge in [0.2, 0.25) is 0 Å². The van der Waals surface area contributed by atoms with Crippen molar-refractivity contribution in [2.75, 3.05) is 39.6 Å². The molecule has 0 rings (SSSR count). The summed E-state index contributed by atoms with van der Waals surface area (Å²) in [5, 5.41) is 20.8. The lowest BCUT2D eigenvalue weighted by atomic mass is 10.0. The highest BCUT2D eigenvalue weighted by Crippen LogP contribution is 2.45. The first kappa shape index (κ1) is 118. The summed E-state index contributed by atoms with van der Waals surface area (Å²) in [4.78, 5) is 59.1. The molecule has 0 fully saturated rings. The van der Waals surface area contributed by atoms with E-state index in [2.05, 4.69) is 179 Å². The second-order valence-corrected chi connectivity index (χ2v) is 36.1. The van der Waals surface area contributed by atoms with Gasteiger partial charge in [0.05, 0.1) is 26.4 Å². The quantitative estimate of drug-likeness (QED) is 0.0146. The molecule has 0 aromatic carbocycles. The summed E-state index contributed by atoms with van der Waals surface area (Å²) in [5.41, 5.74) is 0. The number of phosphoric ester groups is 2. The van der Waals surface area contributed by atoms with E-state index in [-0.39, 0.29) is 19.3 Å². The minimum Gasteiger partial charge on any atom is -0.463 e. The normalized spacial score (nSPS) is 14.4. The highest BCUT2D eigenvalue weighted by molar-refractivity contribution is 7.47. The molecule has 708 valence electrons. The maximum atomic E-state index is 13.1. The molecule has 0 aliphatic heterocycles. The molecule has 0 aliphatic carbocycles. The van der Waals surface area contributed by atoms with Gasteiger partial charge in [0.1, 0.15) is 25.4 Å². The molecule has 4 N–H and O–H groups in total. The van der Waals surface area contributed by atoms with E-state index in [1.54, 1.807) is 0 Å². The molecule has 16 nitrogen and oxygen atoms in total. The van der Waals surface area contributed by atoms with E-state index in [9.17, 15) is 43.5 Å². The predicted octanol–water partition coefficient (Wildman–Crippen LogP) is 31.2. The maximum absolute atomic E-state index is 13.1. The van der Waals surface area contributed by atoms with Crippen LogP contribution in [0.5, 0.6) is 0 Å². The van der Waals surface area contributed by atoms with Crippen molar-refractivity contribution in [2.45, 2.75) is 450 Å². The highest BCUT2D eigenvalue weighted by atomic mass is 31.2. The van der Waals surface area contributed by atoms with Gasteiger partial charge in [0.25, 0.3) is 0 Å². The van der Waals surface area contributed by atoms with Crippen molar-refractivity contribution < 1.29 is 75.8 Å². The Kier molecular flexibility index (Phi) is 92.5. The van der Waals surface area contributed by atoms with Crippen LogP contribution >= 0.6 is 15.6 Å². The summed E-state index contributed by atoms with van der Waals surface area (Å²) in [7, 11) is -9.81. The van der Waals surface area contributed by atoms with E-state index in [1.165, 1.54) is 218 Å². The van der Waals surface area contributed by atoms with Gasteiger partial charge < -0.3 is 34.2 Å². The smallest absolute Gasteiger partial charge is 0.463 e. The fourth-order valence-corrected chi connectivity index (χ4v) is 15.3. The minimum atomic E-state index is -4.95. The summed E-state index contributed by atoms with van der Waals surface area (Å²) in [6, 6.07) is 0. The molecule has 0 heterocycles. The molecule has 5 atom stereocenters. The van der Waals surface area contributed by atoms with Gasteiger partial charge in [-0.2, -0.15) is 0 Å². The number of phosphoric acid groups is 2. The van der Waals surface area contributed by atoms with Gasteiger partial charge in [-0.05, 0) is 148 Å². The number of hydrogen-bond acceptors (Lipinski definition) is 14. The fraction of sp³-hybridized carbons (Fsp3) is 0.724. The number of ether oxygens (including phenoxy) is 3. The molecule has 0 aromatic heterocycles. The number of rotatable bonds is 94. The molecule has 0 amide bonds. The molecule has 18 heteroatoms. The van der Waals surface area contributed by atoms with Crippen molar-refractivity contribution in [3.8, 4) is 0 Å². The Morgan fingerprint density at radius 3 is 0.683 bits per heavy atom. The Labute approximate surface area is 752 Å². The summed E-state index contributed by atoms with van der Waals surface area (Å²) >= 11 is 0. The average Bonchev–Trinajstić information content (AvgIpc) is 0.898. The lowest BCUT2D eigenvalue weighted by Crippen LogP contribution is -2.30. The summed E-state index contributed by atoms with van der Waals surface area (Å²) < 4.78 is 61.6. The van der Waals surface area contributed by atoms with Crippen LogP contribution in [-0.4, -0.2) is 95.9 Å². The van der Waals surface area contributed by atoms with E-state index in [1.807, 2.05) is 0 Å². The molecule has 5 unspecified atom stereocenters. The third-order valence-electron chi connectivity index (χ3n) is 21.2. The zero-order valence-corrected chi connectivity index (χ0v) is 80.1. The van der Waals surface area contributed by atoms with Crippen LogP contribution in [0, 0.1) is 0 Å². The molecule has 0 spiro atoms. The number of unbranched alkanes of at least 4 members (excludes halogenated alkanes) is 45. The molecule has 0 aliphatic rings. The molecule has 0 aromatic rings. The van der Waals surface area contributed by atoms with Gasteiger partial charge in [0.15, 0.2) is 6.10 Å². The van der Waals surface area contributed by atoms with Crippen LogP contribution in [0.1, 0.15) is 432 Å². The topological polar surface area (TPSA) is 231 Å². The number of aliphatic hydroxyl groups excluding tert-OH is 2. The zero-order chi connectivity index (χ0) is 89.3. The van der Waals surface area contributed by atoms with E-state index in [0.29, 0.717) is 19.3 Å². The van der Waals surface area contributed by atoms with Crippen LogP contribution in [0.4, 0.5) is 0 Å². The number of aliphatic hydroxyl groups is 2. The Morgan fingerprint density at radius 2 is 0.431 bits per heavy atom. The molecule has 0 bridgehead atoms. The van der Waals surface area contributed by atoms with Gasteiger partial charge in [-0.3, -0.25) is 32.5 Å². The van der Waals surface area contributed by atoms with Gasteiger partial charge in [-0.15, -0.1) is 0 Å². The monoisotopic (exact) mass is 1760 g/mol. The Morgan fingerprint density at radius 1 is 0.236 bits per heavy atom. The van der Waals surface area contributed by atoms with E-state index in [0.717, 1.165) is 154 Å². The first-order valence-electron chi connectivity index (χ1n) is 49.8. The van der Waals surface area contributed by atoms with Crippen molar-refractivity contribution >= 4 is 33.6 Å². The van der Waals surface area contributed by atoms with E-state index in [4.69, 9.17) is 32.3 Å². The fourth-order valence-electron chi connectivity index (χ4n) is 13.8. The van der Waals surface area contributed by atoms with Crippen LogP contribution < -0.4 is 0 Å². The Hall–Kier alpha value is -4.83. The third kappa shape index (κ3) is 97.6. The largest absolute Gasteiger partial charge is 0.472 e. The SMILES string of the molecule is CC/C=C\C/C=C\C/C=C\C/C=C\C/C=C\CCCCCCCCCCCCCCCCCCCC(=O)OCC(COP(=O)(O)OCC(O)COP(=O)(O)OCC(O)COC(=O)CCCCCCCCCCCCCCCCCCCCC/C=C\C/C=C\C/C=C\C/C=C\CCCCC)OC(=O)CCCCCCCC/C=C\C/C=C\C/C=C\C/C=C\CC. The van der Waals surface area contributed by atoms with Crippen molar-refractivity contribution in [2.24, 2.45) is 0 Å². The molecule has 0 saturated carbocycles. The van der Waals surface area contributed by atoms with Gasteiger partial charge in [-0.25, -0.2) is 9.13 Å². The minimum absolute atomic E-state index is 0.0869. The zero-order valence-electron chi connectivity index (χ0n) is 78.3. The molecule has 123 heavy (non-hydrogen) atoms. The summed E-state index contributed by atoms with van der Waals surface area (Å²) in [5.74, 6) is -1.57. The van der Waals surface area contributed by atoms with Crippen LogP contribution in [0.15, 0.2) is 158 Å². The maximum Gasteiger partial charge on any atom is 0.472 e. The second kappa shape index (κ2) is 96.3. The van der Waals surface area contributed by atoms with E-state index >= 15 is 0 Å². The Bertz CT molecular complexity index is 2870. The number of carbonyl (C=O) groups excluding carboxylic acids is 3. The number of allylic oxidation sites excluding steroid dienone is 26.